The van der Waals surface area contributed by atoms with Crippen LogP contribution >= 0.6 is 11.8 Å². The lowest BCUT2D eigenvalue weighted by Crippen LogP contribution is -2.31. The second kappa shape index (κ2) is 4.83. The molecular formula is C15H24S. The van der Waals surface area contributed by atoms with Crippen LogP contribution in [0.2, 0.25) is 0 Å². The van der Waals surface area contributed by atoms with Crippen LogP contribution in [-0.2, 0) is 0 Å². The normalized spacial score (nSPS) is 12.9. The van der Waals surface area contributed by atoms with Crippen molar-refractivity contribution in [3.8, 4) is 0 Å². The summed E-state index contributed by atoms with van der Waals surface area (Å²) in [6.45, 7) is 13.8. The molecule has 0 unspecified atom stereocenters. The Hall–Kier alpha value is -0.430. The number of hydrogen-bond acceptors (Lipinski definition) is 1. The van der Waals surface area contributed by atoms with Crippen LogP contribution in [0.25, 0.3) is 0 Å². The molecule has 0 spiro atoms. The molecular weight excluding hydrogens is 212 g/mol. The third-order valence-electron chi connectivity index (χ3n) is 3.65. The molecule has 0 atom stereocenters. The molecule has 1 heteroatoms. The first-order valence-corrected chi connectivity index (χ1v) is 6.90. The predicted octanol–water partition coefficient (Wildman–Crippen LogP) is 5.16. The van der Waals surface area contributed by atoms with Crippen LogP contribution in [0.15, 0.2) is 29.2 Å². The predicted molar refractivity (Wildman–Crippen MR) is 75.1 cm³/mol. The molecule has 0 amide bonds. The van der Waals surface area contributed by atoms with Gasteiger partial charge in [-0.1, -0.05) is 52.3 Å². The number of benzene rings is 1. The summed E-state index contributed by atoms with van der Waals surface area (Å²) < 4.78 is 0. The number of rotatable bonds is 3. The maximum atomic E-state index is 2.36. The molecule has 0 aliphatic heterocycles. The van der Waals surface area contributed by atoms with E-state index in [4.69, 9.17) is 0 Å². The minimum atomic E-state index is 0.350. The standard InChI is InChI=1S/C15H24S/c1-12-7-9-13(10-8-12)16-11-15(5,6)14(2,3)4/h7-10H,11H2,1-6H3. The molecule has 0 N–H and O–H groups in total. The van der Waals surface area contributed by atoms with Crippen molar-refractivity contribution in [2.45, 2.75) is 46.4 Å². The van der Waals surface area contributed by atoms with Gasteiger partial charge in [0.05, 0.1) is 0 Å². The molecule has 1 aromatic carbocycles. The summed E-state index contributed by atoms with van der Waals surface area (Å²) in [4.78, 5) is 1.38. The van der Waals surface area contributed by atoms with Crippen LogP contribution in [0.5, 0.6) is 0 Å². The van der Waals surface area contributed by atoms with Crippen molar-refractivity contribution in [2.75, 3.05) is 5.75 Å². The Kier molecular flexibility index (Phi) is 4.12. The van der Waals surface area contributed by atoms with Gasteiger partial charge in [0.15, 0.2) is 0 Å². The lowest BCUT2D eigenvalue weighted by atomic mass is 9.71. The molecule has 16 heavy (non-hydrogen) atoms. The third-order valence-corrected chi connectivity index (χ3v) is 5.12. The Morgan fingerprint density at radius 3 is 1.88 bits per heavy atom. The van der Waals surface area contributed by atoms with E-state index < -0.39 is 0 Å². The maximum Gasteiger partial charge on any atom is 0.00723 e. The van der Waals surface area contributed by atoms with Gasteiger partial charge in [-0.3, -0.25) is 0 Å². The van der Waals surface area contributed by atoms with Crippen LogP contribution in [0.4, 0.5) is 0 Å². The van der Waals surface area contributed by atoms with E-state index in [1.54, 1.807) is 0 Å². The Morgan fingerprint density at radius 2 is 1.44 bits per heavy atom. The van der Waals surface area contributed by atoms with Gasteiger partial charge in [-0.05, 0) is 29.9 Å². The van der Waals surface area contributed by atoms with Crippen LogP contribution in [0.3, 0.4) is 0 Å². The molecule has 0 aromatic heterocycles. The summed E-state index contributed by atoms with van der Waals surface area (Å²) in [5.74, 6) is 1.17. The van der Waals surface area contributed by atoms with Crippen LogP contribution < -0.4 is 0 Å². The SMILES string of the molecule is Cc1ccc(SCC(C)(C)C(C)(C)C)cc1. The van der Waals surface area contributed by atoms with Gasteiger partial charge in [-0.25, -0.2) is 0 Å². The van der Waals surface area contributed by atoms with Crippen molar-refractivity contribution in [2.24, 2.45) is 10.8 Å². The first kappa shape index (κ1) is 13.6. The second-order valence-electron chi connectivity index (χ2n) is 6.24. The van der Waals surface area contributed by atoms with Gasteiger partial charge in [0.1, 0.15) is 0 Å². The fourth-order valence-electron chi connectivity index (χ4n) is 1.11. The van der Waals surface area contributed by atoms with Gasteiger partial charge < -0.3 is 0 Å². The molecule has 0 nitrogen and oxygen atoms in total. The summed E-state index contributed by atoms with van der Waals surface area (Å²) in [5.41, 5.74) is 2.03. The van der Waals surface area contributed by atoms with E-state index in [1.165, 1.54) is 16.2 Å². The van der Waals surface area contributed by atoms with E-state index in [1.807, 2.05) is 11.8 Å². The number of aryl methyl sites for hydroxylation is 1. The molecule has 0 fully saturated rings. The maximum absolute atomic E-state index is 2.36. The molecule has 90 valence electrons. The molecule has 0 radical (unpaired) electrons. The van der Waals surface area contributed by atoms with Gasteiger partial charge in [-0.15, -0.1) is 11.8 Å². The van der Waals surface area contributed by atoms with Crippen molar-refractivity contribution in [3.05, 3.63) is 29.8 Å². The van der Waals surface area contributed by atoms with Crippen molar-refractivity contribution in [1.29, 1.82) is 0 Å². The lowest BCUT2D eigenvalue weighted by molar-refractivity contribution is 0.162. The third kappa shape index (κ3) is 3.55. The van der Waals surface area contributed by atoms with Crippen LogP contribution in [0, 0.1) is 17.8 Å². The molecule has 0 saturated heterocycles. The first-order chi connectivity index (χ1) is 7.22. The fourth-order valence-corrected chi connectivity index (χ4v) is 2.40. The van der Waals surface area contributed by atoms with Crippen LogP contribution in [-0.4, -0.2) is 5.75 Å². The lowest BCUT2D eigenvalue weighted by Gasteiger charge is -2.38. The monoisotopic (exact) mass is 236 g/mol. The average molecular weight is 236 g/mol. The zero-order valence-electron chi connectivity index (χ0n) is 11.4. The van der Waals surface area contributed by atoms with Gasteiger partial charge in [0.25, 0.3) is 0 Å². The molecule has 0 aliphatic carbocycles. The van der Waals surface area contributed by atoms with Gasteiger partial charge in [-0.2, -0.15) is 0 Å². The molecule has 0 aliphatic rings. The van der Waals surface area contributed by atoms with Crippen molar-refractivity contribution in [3.63, 3.8) is 0 Å². The molecule has 0 saturated carbocycles. The summed E-state index contributed by atoms with van der Waals surface area (Å²) >= 11 is 1.96. The summed E-state index contributed by atoms with van der Waals surface area (Å²) in [7, 11) is 0. The van der Waals surface area contributed by atoms with E-state index in [0.717, 1.165) is 0 Å². The minimum absolute atomic E-state index is 0.350. The fraction of sp³-hybridized carbons (Fsp3) is 0.600. The smallest absolute Gasteiger partial charge is 0.00723 e. The van der Waals surface area contributed by atoms with Crippen molar-refractivity contribution < 1.29 is 0 Å². The minimum Gasteiger partial charge on any atom is -0.126 e. The summed E-state index contributed by atoms with van der Waals surface area (Å²) in [6, 6.07) is 8.82. The second-order valence-corrected chi connectivity index (χ2v) is 7.28. The largest absolute Gasteiger partial charge is 0.126 e. The zero-order valence-corrected chi connectivity index (χ0v) is 12.2. The zero-order chi connectivity index (χ0) is 12.4. The van der Waals surface area contributed by atoms with E-state index in [9.17, 15) is 0 Å². The van der Waals surface area contributed by atoms with E-state index >= 15 is 0 Å². The van der Waals surface area contributed by atoms with Crippen molar-refractivity contribution >= 4 is 11.8 Å². The van der Waals surface area contributed by atoms with Crippen LogP contribution in [0.1, 0.15) is 40.2 Å². The van der Waals surface area contributed by atoms with E-state index in [-0.39, 0.29) is 0 Å². The quantitative estimate of drug-likeness (QED) is 0.653. The summed E-state index contributed by atoms with van der Waals surface area (Å²) in [6.07, 6.45) is 0. The summed E-state index contributed by atoms with van der Waals surface area (Å²) in [5, 5.41) is 0. The number of thioether (sulfide) groups is 1. The first-order valence-electron chi connectivity index (χ1n) is 5.92. The average Bonchev–Trinajstić information content (AvgIpc) is 2.15. The van der Waals surface area contributed by atoms with Crippen molar-refractivity contribution in [1.82, 2.24) is 0 Å². The Morgan fingerprint density at radius 1 is 0.938 bits per heavy atom. The van der Waals surface area contributed by atoms with E-state index in [0.29, 0.717) is 10.8 Å². The highest BCUT2D eigenvalue weighted by atomic mass is 32.2. The van der Waals surface area contributed by atoms with Gasteiger partial charge >= 0.3 is 0 Å². The Bertz CT molecular complexity index is 327. The number of hydrogen-bond donors (Lipinski definition) is 0. The highest BCUT2D eigenvalue weighted by molar-refractivity contribution is 7.99. The topological polar surface area (TPSA) is 0 Å². The molecule has 0 bridgehead atoms. The van der Waals surface area contributed by atoms with Gasteiger partial charge in [0, 0.05) is 10.6 Å². The molecule has 0 heterocycles. The highest BCUT2D eigenvalue weighted by Gasteiger charge is 2.32. The Labute approximate surface area is 105 Å². The Balaban J connectivity index is 2.61. The molecule has 1 aromatic rings. The molecule has 1 rings (SSSR count). The van der Waals surface area contributed by atoms with E-state index in [2.05, 4.69) is 65.8 Å². The van der Waals surface area contributed by atoms with Gasteiger partial charge in [0.2, 0.25) is 0 Å². The highest BCUT2D eigenvalue weighted by Crippen LogP contribution is 2.41.